The van der Waals surface area contributed by atoms with Gasteiger partial charge in [-0.25, -0.2) is 0 Å². The number of esters is 1. The zero-order valence-corrected chi connectivity index (χ0v) is 14.9. The highest BCUT2D eigenvalue weighted by molar-refractivity contribution is 6.42. The van der Waals surface area contributed by atoms with Crippen molar-refractivity contribution >= 4 is 35.0 Å². The Balaban J connectivity index is 0.00000127. The molecular formula is C17H19Cl2NO3. The number of nitriles is 1. The van der Waals surface area contributed by atoms with E-state index in [2.05, 4.69) is 10.8 Å². The Labute approximate surface area is 146 Å². The number of ether oxygens (including phenoxy) is 1. The molecule has 2 atom stereocenters. The normalized spacial score (nSPS) is 23.3. The molecule has 6 heteroatoms. The minimum absolute atomic E-state index is 0.104. The summed E-state index contributed by atoms with van der Waals surface area (Å²) < 4.78 is 4.66. The first kappa shape index (κ1) is 19.5. The third-order valence-corrected chi connectivity index (χ3v) is 4.65. The Kier molecular flexibility index (Phi) is 7.05. The van der Waals surface area contributed by atoms with E-state index in [-0.39, 0.29) is 18.6 Å². The Hall–Kier alpha value is -1.57. The van der Waals surface area contributed by atoms with Crippen LogP contribution in [0.25, 0.3) is 0 Å². The molecule has 124 valence electrons. The second-order valence-corrected chi connectivity index (χ2v) is 5.88. The van der Waals surface area contributed by atoms with E-state index in [1.807, 2.05) is 13.8 Å². The van der Waals surface area contributed by atoms with Crippen LogP contribution in [0, 0.1) is 17.2 Å². The van der Waals surface area contributed by atoms with Gasteiger partial charge in [0.1, 0.15) is 11.7 Å². The lowest BCUT2D eigenvalue weighted by atomic mass is 9.66. The van der Waals surface area contributed by atoms with Crippen molar-refractivity contribution in [2.24, 2.45) is 5.92 Å². The van der Waals surface area contributed by atoms with Crippen LogP contribution in [0.3, 0.4) is 0 Å². The standard InChI is InChI=1S/C15H13Cl2NO3.C2H6/c1-21-14(20)10-7-15(8-18,5-4-13(10)19)9-2-3-11(16)12(17)6-9;1-2/h2-3,6,10H,4-5,7H2,1H3;1-2H3. The van der Waals surface area contributed by atoms with Crippen molar-refractivity contribution in [2.45, 2.75) is 38.5 Å². The molecule has 1 fully saturated rings. The molecular weight excluding hydrogens is 337 g/mol. The number of ketones is 1. The van der Waals surface area contributed by atoms with Crippen molar-refractivity contribution in [3.63, 3.8) is 0 Å². The Morgan fingerprint density at radius 2 is 2.00 bits per heavy atom. The van der Waals surface area contributed by atoms with Crippen molar-refractivity contribution < 1.29 is 14.3 Å². The molecule has 2 rings (SSSR count). The summed E-state index contributed by atoms with van der Waals surface area (Å²) in [5.74, 6) is -1.69. The zero-order valence-electron chi connectivity index (χ0n) is 13.4. The molecule has 4 nitrogen and oxygen atoms in total. The van der Waals surface area contributed by atoms with E-state index in [0.29, 0.717) is 22.0 Å². The highest BCUT2D eigenvalue weighted by Gasteiger charge is 2.45. The van der Waals surface area contributed by atoms with Crippen LogP contribution in [0.5, 0.6) is 0 Å². The third-order valence-electron chi connectivity index (χ3n) is 3.91. The van der Waals surface area contributed by atoms with Crippen LogP contribution < -0.4 is 0 Å². The molecule has 0 spiro atoms. The molecule has 1 aromatic carbocycles. The molecule has 0 bridgehead atoms. The van der Waals surface area contributed by atoms with E-state index in [9.17, 15) is 14.9 Å². The van der Waals surface area contributed by atoms with Crippen LogP contribution >= 0.6 is 23.2 Å². The lowest BCUT2D eigenvalue weighted by Gasteiger charge is -2.34. The molecule has 0 amide bonds. The predicted octanol–water partition coefficient (Wildman–Crippen LogP) is 4.32. The second-order valence-electron chi connectivity index (χ2n) is 5.07. The maximum Gasteiger partial charge on any atom is 0.316 e. The summed E-state index contributed by atoms with van der Waals surface area (Å²) in [4.78, 5) is 23.6. The summed E-state index contributed by atoms with van der Waals surface area (Å²) in [5.41, 5.74) is -0.262. The van der Waals surface area contributed by atoms with Crippen LogP contribution in [0.4, 0.5) is 0 Å². The maximum atomic E-state index is 11.9. The highest BCUT2D eigenvalue weighted by atomic mass is 35.5. The van der Waals surface area contributed by atoms with Crippen molar-refractivity contribution in [3.8, 4) is 6.07 Å². The van der Waals surface area contributed by atoms with Crippen molar-refractivity contribution in [1.82, 2.24) is 0 Å². The molecule has 0 saturated heterocycles. The number of methoxy groups -OCH3 is 1. The molecule has 0 aliphatic heterocycles. The van der Waals surface area contributed by atoms with Gasteiger partial charge >= 0.3 is 5.97 Å². The lowest BCUT2D eigenvalue weighted by Crippen LogP contribution is -2.40. The predicted molar refractivity (Wildman–Crippen MR) is 89.5 cm³/mol. The van der Waals surface area contributed by atoms with Gasteiger partial charge in [0.05, 0.1) is 28.6 Å². The highest BCUT2D eigenvalue weighted by Crippen LogP contribution is 2.42. The van der Waals surface area contributed by atoms with Gasteiger partial charge in [0, 0.05) is 6.42 Å². The number of halogens is 2. The number of hydrogen-bond donors (Lipinski definition) is 0. The third kappa shape index (κ3) is 4.04. The van der Waals surface area contributed by atoms with E-state index in [4.69, 9.17) is 23.2 Å². The first-order valence-corrected chi connectivity index (χ1v) is 8.16. The number of carbonyl (C=O) groups is 2. The van der Waals surface area contributed by atoms with Gasteiger partial charge in [-0.15, -0.1) is 0 Å². The fraction of sp³-hybridized carbons (Fsp3) is 0.471. The number of carbonyl (C=O) groups excluding carboxylic acids is 2. The molecule has 1 saturated carbocycles. The summed E-state index contributed by atoms with van der Waals surface area (Å²) in [6.45, 7) is 4.00. The number of benzene rings is 1. The van der Waals surface area contributed by atoms with Crippen LogP contribution in [0.1, 0.15) is 38.7 Å². The Morgan fingerprint density at radius 3 is 2.52 bits per heavy atom. The molecule has 2 unspecified atom stereocenters. The molecule has 1 aliphatic rings. The van der Waals surface area contributed by atoms with Gasteiger partial charge in [-0.2, -0.15) is 5.26 Å². The molecule has 1 aliphatic carbocycles. The number of rotatable bonds is 2. The van der Waals surface area contributed by atoms with Gasteiger partial charge in [-0.05, 0) is 30.5 Å². The summed E-state index contributed by atoms with van der Waals surface area (Å²) >= 11 is 11.9. The van der Waals surface area contributed by atoms with Crippen LogP contribution in [-0.2, 0) is 19.7 Å². The van der Waals surface area contributed by atoms with Crippen LogP contribution in [0.2, 0.25) is 10.0 Å². The average molecular weight is 356 g/mol. The first-order chi connectivity index (χ1) is 10.9. The quantitative estimate of drug-likeness (QED) is 0.585. The SMILES string of the molecule is CC.COC(=O)C1CC(C#N)(c2ccc(Cl)c(Cl)c2)CCC1=O. The van der Waals surface area contributed by atoms with E-state index >= 15 is 0 Å². The van der Waals surface area contributed by atoms with E-state index < -0.39 is 17.3 Å². The molecule has 0 radical (unpaired) electrons. The lowest BCUT2D eigenvalue weighted by molar-refractivity contribution is -0.151. The Bertz CT molecular complexity index is 631. The monoisotopic (exact) mass is 355 g/mol. The molecule has 0 heterocycles. The van der Waals surface area contributed by atoms with Gasteiger partial charge in [0.2, 0.25) is 0 Å². The van der Waals surface area contributed by atoms with E-state index in [1.54, 1.807) is 18.2 Å². The van der Waals surface area contributed by atoms with E-state index in [1.165, 1.54) is 7.11 Å². The van der Waals surface area contributed by atoms with Gasteiger partial charge in [-0.3, -0.25) is 9.59 Å². The van der Waals surface area contributed by atoms with Crippen molar-refractivity contribution in [1.29, 1.82) is 5.26 Å². The minimum Gasteiger partial charge on any atom is -0.468 e. The van der Waals surface area contributed by atoms with E-state index in [0.717, 1.165) is 0 Å². The summed E-state index contributed by atoms with van der Waals surface area (Å²) in [5, 5.41) is 10.4. The van der Waals surface area contributed by atoms with Crippen molar-refractivity contribution in [3.05, 3.63) is 33.8 Å². The number of hydrogen-bond acceptors (Lipinski definition) is 4. The average Bonchev–Trinajstić information content (AvgIpc) is 2.59. The summed E-state index contributed by atoms with van der Waals surface area (Å²) in [6.07, 6.45) is 0.619. The largest absolute Gasteiger partial charge is 0.468 e. The molecule has 23 heavy (non-hydrogen) atoms. The zero-order chi connectivity index (χ0) is 17.6. The van der Waals surface area contributed by atoms with Gasteiger partial charge in [0.25, 0.3) is 0 Å². The fourth-order valence-corrected chi connectivity index (χ4v) is 2.95. The van der Waals surface area contributed by atoms with Crippen LogP contribution in [0.15, 0.2) is 18.2 Å². The Morgan fingerprint density at radius 1 is 1.35 bits per heavy atom. The molecule has 0 aromatic heterocycles. The summed E-state index contributed by atoms with van der Waals surface area (Å²) in [7, 11) is 1.23. The molecule has 0 N–H and O–H groups in total. The fourth-order valence-electron chi connectivity index (χ4n) is 2.65. The van der Waals surface area contributed by atoms with Gasteiger partial charge < -0.3 is 4.74 Å². The summed E-state index contributed by atoms with van der Waals surface area (Å²) in [6, 6.07) is 7.19. The van der Waals surface area contributed by atoms with Crippen molar-refractivity contribution in [2.75, 3.05) is 7.11 Å². The van der Waals surface area contributed by atoms with Crippen LogP contribution in [-0.4, -0.2) is 18.9 Å². The second kappa shape index (κ2) is 8.33. The molecule has 1 aromatic rings. The minimum atomic E-state index is -0.930. The number of nitrogens with zero attached hydrogens (tertiary/aromatic N) is 1. The maximum absolute atomic E-state index is 11.9. The number of Topliss-reactive ketones (excluding diaryl/α,β-unsaturated/α-hetero) is 1. The first-order valence-electron chi connectivity index (χ1n) is 7.41. The smallest absolute Gasteiger partial charge is 0.316 e. The van der Waals surface area contributed by atoms with Gasteiger partial charge in [0.15, 0.2) is 0 Å². The topological polar surface area (TPSA) is 67.2 Å². The van der Waals surface area contributed by atoms with Gasteiger partial charge in [-0.1, -0.05) is 43.1 Å².